The van der Waals surface area contributed by atoms with Crippen molar-refractivity contribution in [1.82, 2.24) is 9.29 Å². The van der Waals surface area contributed by atoms with E-state index in [1.54, 1.807) is 22.7 Å². The first kappa shape index (κ1) is 17.5. The quantitative estimate of drug-likeness (QED) is 0.770. The molecule has 1 aliphatic heterocycles. The summed E-state index contributed by atoms with van der Waals surface area (Å²) in [7, 11) is -1.32. The van der Waals surface area contributed by atoms with E-state index in [-0.39, 0.29) is 5.25 Å². The van der Waals surface area contributed by atoms with Crippen molar-refractivity contribution in [3.8, 4) is 0 Å². The molecular weight excluding hydrogens is 378 g/mol. The molecule has 2 aromatic rings. The molecule has 8 heteroatoms. The third kappa shape index (κ3) is 3.65. The monoisotopic (exact) mass is 399 g/mol. The highest BCUT2D eigenvalue weighted by atomic mass is 35.5. The summed E-state index contributed by atoms with van der Waals surface area (Å²) in [5.41, 5.74) is 0.988. The van der Waals surface area contributed by atoms with Gasteiger partial charge in [0.25, 0.3) is 0 Å². The second-order valence-corrected chi connectivity index (χ2v) is 10.8. The van der Waals surface area contributed by atoms with Gasteiger partial charge in [-0.1, -0.05) is 22.9 Å². The van der Waals surface area contributed by atoms with Crippen molar-refractivity contribution in [2.45, 2.75) is 30.9 Å². The first-order valence-corrected chi connectivity index (χ1v) is 11.4. The minimum absolute atomic E-state index is 0.118. The lowest BCUT2D eigenvalue weighted by molar-refractivity contribution is 0.327. The third-order valence-electron chi connectivity index (χ3n) is 5.12. The number of hydrogen-bond donors (Lipinski definition) is 0. The van der Waals surface area contributed by atoms with Crippen molar-refractivity contribution in [3.05, 3.63) is 23.2 Å². The zero-order chi connectivity index (χ0) is 17.6. The molecule has 0 bridgehead atoms. The molecule has 1 aliphatic carbocycles. The van der Waals surface area contributed by atoms with Gasteiger partial charge in [0.05, 0.1) is 15.5 Å². The van der Waals surface area contributed by atoms with Gasteiger partial charge in [-0.3, -0.25) is 0 Å². The summed E-state index contributed by atoms with van der Waals surface area (Å²) >= 11 is 7.73. The zero-order valence-electron chi connectivity index (χ0n) is 14.2. The van der Waals surface area contributed by atoms with Gasteiger partial charge >= 0.3 is 0 Å². The van der Waals surface area contributed by atoms with Crippen LogP contribution in [0.2, 0.25) is 5.02 Å². The van der Waals surface area contributed by atoms with Crippen LogP contribution < -0.4 is 4.90 Å². The second-order valence-electron chi connectivity index (χ2n) is 7.06. The van der Waals surface area contributed by atoms with Crippen molar-refractivity contribution < 1.29 is 8.42 Å². The van der Waals surface area contributed by atoms with Crippen LogP contribution in [0.25, 0.3) is 10.2 Å². The van der Waals surface area contributed by atoms with Gasteiger partial charge < -0.3 is 4.90 Å². The molecule has 0 atom stereocenters. The Bertz CT molecular complexity index is 871. The Morgan fingerprint density at radius 1 is 1.28 bits per heavy atom. The number of anilines is 1. The number of fused-ring (bicyclic) bond motifs is 1. The maximum atomic E-state index is 12.3. The molecule has 0 N–H and O–H groups in total. The Balaban J connectivity index is 1.37. The van der Waals surface area contributed by atoms with Crippen LogP contribution >= 0.6 is 22.9 Å². The SMILES string of the molecule is CN(CC1CCN(c2nc3ccc(Cl)cc3s2)CC1)S(=O)(=O)C1CC1. The van der Waals surface area contributed by atoms with Gasteiger partial charge in [0.1, 0.15) is 0 Å². The van der Waals surface area contributed by atoms with Crippen LogP contribution in [0, 0.1) is 5.92 Å². The smallest absolute Gasteiger partial charge is 0.216 e. The van der Waals surface area contributed by atoms with Crippen LogP contribution in [-0.2, 0) is 10.0 Å². The first-order valence-electron chi connectivity index (χ1n) is 8.69. The fourth-order valence-corrected chi connectivity index (χ4v) is 6.37. The van der Waals surface area contributed by atoms with E-state index >= 15 is 0 Å². The number of hydrogen-bond acceptors (Lipinski definition) is 5. The summed E-state index contributed by atoms with van der Waals surface area (Å²) in [4.78, 5) is 7.02. The lowest BCUT2D eigenvalue weighted by atomic mass is 9.97. The fraction of sp³-hybridized carbons (Fsp3) is 0.588. The molecule has 0 amide bonds. The van der Waals surface area contributed by atoms with E-state index < -0.39 is 10.0 Å². The average molecular weight is 400 g/mol. The van der Waals surface area contributed by atoms with E-state index in [2.05, 4.69) is 4.90 Å². The molecule has 136 valence electrons. The molecule has 0 radical (unpaired) electrons. The number of aromatic nitrogens is 1. The highest BCUT2D eigenvalue weighted by Crippen LogP contribution is 2.34. The van der Waals surface area contributed by atoms with Crippen molar-refractivity contribution in [1.29, 1.82) is 0 Å². The summed E-state index contributed by atoms with van der Waals surface area (Å²) in [6, 6.07) is 5.79. The zero-order valence-corrected chi connectivity index (χ0v) is 16.6. The Morgan fingerprint density at radius 2 is 2.00 bits per heavy atom. The van der Waals surface area contributed by atoms with Crippen LogP contribution in [0.1, 0.15) is 25.7 Å². The van der Waals surface area contributed by atoms with E-state index in [4.69, 9.17) is 16.6 Å². The molecule has 25 heavy (non-hydrogen) atoms. The Kier molecular flexibility index (Phi) is 4.68. The fourth-order valence-electron chi connectivity index (χ4n) is 3.42. The predicted molar refractivity (Wildman–Crippen MR) is 104 cm³/mol. The molecular formula is C17H22ClN3O2S2. The number of halogens is 1. The van der Waals surface area contributed by atoms with Crippen LogP contribution in [0.5, 0.6) is 0 Å². The average Bonchev–Trinajstić information content (AvgIpc) is 3.36. The molecule has 1 aromatic heterocycles. The van der Waals surface area contributed by atoms with E-state index in [0.717, 1.165) is 59.1 Å². The van der Waals surface area contributed by atoms with Gasteiger partial charge in [0.15, 0.2) is 5.13 Å². The number of thiazole rings is 1. The van der Waals surface area contributed by atoms with Gasteiger partial charge in [-0.05, 0) is 49.8 Å². The number of piperidine rings is 1. The van der Waals surface area contributed by atoms with Crippen LogP contribution in [-0.4, -0.2) is 49.6 Å². The van der Waals surface area contributed by atoms with Crippen molar-refractivity contribution in [2.24, 2.45) is 5.92 Å². The van der Waals surface area contributed by atoms with E-state index in [9.17, 15) is 8.42 Å². The highest BCUT2D eigenvalue weighted by molar-refractivity contribution is 7.90. The minimum atomic E-state index is -3.06. The first-order chi connectivity index (χ1) is 11.9. The molecule has 0 spiro atoms. The normalized spacial score (nSPS) is 19.9. The molecule has 0 unspecified atom stereocenters. The topological polar surface area (TPSA) is 53.5 Å². The second kappa shape index (κ2) is 6.68. The van der Waals surface area contributed by atoms with Gasteiger partial charge in [0.2, 0.25) is 10.0 Å². The van der Waals surface area contributed by atoms with Crippen molar-refractivity contribution in [2.75, 3.05) is 31.6 Å². The van der Waals surface area contributed by atoms with Crippen LogP contribution in [0.15, 0.2) is 18.2 Å². The van der Waals surface area contributed by atoms with E-state index in [1.807, 2.05) is 18.2 Å². The van der Waals surface area contributed by atoms with Crippen molar-refractivity contribution in [3.63, 3.8) is 0 Å². The van der Waals surface area contributed by atoms with Gasteiger partial charge in [-0.2, -0.15) is 0 Å². The summed E-state index contributed by atoms with van der Waals surface area (Å²) in [5.74, 6) is 0.429. The largest absolute Gasteiger partial charge is 0.348 e. The molecule has 2 heterocycles. The van der Waals surface area contributed by atoms with E-state index in [1.165, 1.54) is 0 Å². The Morgan fingerprint density at radius 3 is 2.68 bits per heavy atom. The maximum absolute atomic E-state index is 12.3. The van der Waals surface area contributed by atoms with Crippen LogP contribution in [0.3, 0.4) is 0 Å². The number of sulfonamides is 1. The number of nitrogens with zero attached hydrogens (tertiary/aromatic N) is 3. The Hall–Kier alpha value is -0.890. The molecule has 5 nitrogen and oxygen atoms in total. The molecule has 2 fully saturated rings. The minimum Gasteiger partial charge on any atom is -0.348 e. The van der Waals surface area contributed by atoms with Gasteiger partial charge in [-0.25, -0.2) is 17.7 Å². The van der Waals surface area contributed by atoms with Gasteiger partial charge in [0, 0.05) is 31.7 Å². The molecule has 2 aliphatic rings. The Labute approximate surface area is 157 Å². The lowest BCUT2D eigenvalue weighted by Crippen LogP contribution is -2.40. The number of benzene rings is 1. The van der Waals surface area contributed by atoms with Crippen LogP contribution in [0.4, 0.5) is 5.13 Å². The molecule has 4 rings (SSSR count). The maximum Gasteiger partial charge on any atom is 0.216 e. The van der Waals surface area contributed by atoms with Gasteiger partial charge in [-0.15, -0.1) is 0 Å². The highest BCUT2D eigenvalue weighted by Gasteiger charge is 2.39. The molecule has 1 saturated heterocycles. The number of rotatable bonds is 5. The summed E-state index contributed by atoms with van der Waals surface area (Å²) in [6.07, 6.45) is 3.65. The molecule has 1 saturated carbocycles. The summed E-state index contributed by atoms with van der Waals surface area (Å²) in [5, 5.41) is 1.66. The van der Waals surface area contributed by atoms with E-state index in [0.29, 0.717) is 12.5 Å². The third-order valence-corrected chi connectivity index (χ3v) is 8.77. The van der Waals surface area contributed by atoms with Crippen molar-refractivity contribution >= 4 is 48.3 Å². The summed E-state index contributed by atoms with van der Waals surface area (Å²) < 4.78 is 27.3. The molecule has 1 aromatic carbocycles. The predicted octanol–water partition coefficient (Wildman–Crippen LogP) is 3.59. The summed E-state index contributed by atoms with van der Waals surface area (Å²) in [6.45, 7) is 2.49. The standard InChI is InChI=1S/C17H22ClN3O2S2/c1-20(25(22,23)14-3-4-14)11-12-6-8-21(9-7-12)17-19-15-5-2-13(18)10-16(15)24-17/h2,5,10,12,14H,3-4,6-9,11H2,1H3. The lowest BCUT2D eigenvalue weighted by Gasteiger charge is -2.33.